The maximum absolute atomic E-state index is 12.5. The molecule has 2 rings (SSSR count). The molecule has 3 atom stereocenters. The van der Waals surface area contributed by atoms with Gasteiger partial charge in [0.1, 0.15) is 0 Å². The highest BCUT2D eigenvalue weighted by Gasteiger charge is 2.48. The predicted molar refractivity (Wildman–Crippen MR) is 107 cm³/mol. The highest BCUT2D eigenvalue weighted by molar-refractivity contribution is 8.14. The van der Waals surface area contributed by atoms with Crippen LogP contribution in [-0.2, 0) is 9.22 Å². The third kappa shape index (κ3) is 4.48. The van der Waals surface area contributed by atoms with Crippen LogP contribution in [0, 0.1) is 5.92 Å². The molecule has 1 fully saturated rings. The molecule has 0 radical (unpaired) electrons. The molecule has 1 aliphatic rings. The molecule has 1 heterocycles. The van der Waals surface area contributed by atoms with Gasteiger partial charge in [-0.1, -0.05) is 56.3 Å². The van der Waals surface area contributed by atoms with E-state index < -0.39 is 8.32 Å². The number of thioether (sulfide) groups is 1. The van der Waals surface area contributed by atoms with E-state index >= 15 is 0 Å². The zero-order valence-electron chi connectivity index (χ0n) is 15.6. The smallest absolute Gasteiger partial charge is 0.229 e. The highest BCUT2D eigenvalue weighted by Crippen LogP contribution is 2.40. The third-order valence-electron chi connectivity index (χ3n) is 5.03. The molecule has 1 saturated heterocycles. The molecule has 0 unspecified atom stereocenters. The lowest BCUT2D eigenvalue weighted by Gasteiger charge is -2.44. The molecule has 0 aliphatic carbocycles. The number of rotatable bonds is 5. The van der Waals surface area contributed by atoms with Crippen LogP contribution in [0.5, 0.6) is 0 Å². The molecule has 1 amide bonds. The van der Waals surface area contributed by atoms with Crippen LogP contribution in [-0.4, -0.2) is 30.8 Å². The zero-order valence-corrected chi connectivity index (χ0v) is 18.1. The number of benzene rings is 1. The number of hydrogen-bond donors (Lipinski definition) is 1. The van der Waals surface area contributed by atoms with Gasteiger partial charge in [0.25, 0.3) is 0 Å². The van der Waals surface area contributed by atoms with Gasteiger partial charge in [0.05, 0.1) is 22.4 Å². The first-order valence-electron chi connectivity index (χ1n) is 8.38. The summed E-state index contributed by atoms with van der Waals surface area (Å²) < 4.78 is 6.35. The van der Waals surface area contributed by atoms with Crippen molar-refractivity contribution in [1.29, 1.82) is 0 Å². The van der Waals surface area contributed by atoms with Gasteiger partial charge in [0, 0.05) is 5.56 Å². The van der Waals surface area contributed by atoms with Gasteiger partial charge >= 0.3 is 0 Å². The lowest BCUT2D eigenvalue weighted by Crippen LogP contribution is -2.62. The number of carbonyl (C=O) groups excluding carboxylic acids is 2. The Kier molecular flexibility index (Phi) is 6.09. The maximum Gasteiger partial charge on any atom is 0.229 e. The number of halogens is 1. The van der Waals surface area contributed by atoms with Crippen molar-refractivity contribution in [3.8, 4) is 0 Å². The van der Waals surface area contributed by atoms with Crippen LogP contribution in [0.25, 0.3) is 0 Å². The Balaban J connectivity index is 2.05. The van der Waals surface area contributed by atoms with E-state index in [9.17, 15) is 9.59 Å². The second-order valence-corrected chi connectivity index (χ2v) is 14.2. The van der Waals surface area contributed by atoms with Gasteiger partial charge in [-0.25, -0.2) is 0 Å². The molecule has 1 N–H and O–H groups in total. The van der Waals surface area contributed by atoms with Crippen molar-refractivity contribution in [2.24, 2.45) is 5.92 Å². The Bertz CT molecular complexity index is 675. The number of nitrogens with one attached hydrogen (secondary N) is 1. The van der Waals surface area contributed by atoms with E-state index in [4.69, 9.17) is 16.0 Å². The van der Waals surface area contributed by atoms with Crippen LogP contribution < -0.4 is 5.32 Å². The third-order valence-corrected chi connectivity index (χ3v) is 11.0. The van der Waals surface area contributed by atoms with E-state index in [2.05, 4.69) is 39.2 Å². The standard InChI is InChI=1S/C18H26ClNO3SSi/c1-11(23-25(5,6)18(2,3)4)14-15(21)20-16(14)24-17(22)12-9-7-8-10-13(12)19/h7-11,14,16H,1-6H3,(H,20,21)/t11-,14+,16-/m1/s1. The molecule has 138 valence electrons. The van der Waals surface area contributed by atoms with Crippen molar-refractivity contribution in [2.75, 3.05) is 0 Å². The second-order valence-electron chi connectivity index (χ2n) is 7.92. The van der Waals surface area contributed by atoms with Crippen molar-refractivity contribution < 1.29 is 14.0 Å². The quantitative estimate of drug-likeness (QED) is 0.576. The van der Waals surface area contributed by atoms with Gasteiger partial charge in [0.2, 0.25) is 11.0 Å². The molecule has 1 aromatic rings. The normalized spacial score (nSPS) is 22.1. The lowest BCUT2D eigenvalue weighted by molar-refractivity contribution is -0.136. The van der Waals surface area contributed by atoms with E-state index in [1.54, 1.807) is 24.3 Å². The van der Waals surface area contributed by atoms with Gasteiger partial charge in [-0.3, -0.25) is 9.59 Å². The van der Waals surface area contributed by atoms with Gasteiger partial charge < -0.3 is 9.74 Å². The van der Waals surface area contributed by atoms with E-state index in [-0.39, 0.29) is 33.5 Å². The summed E-state index contributed by atoms with van der Waals surface area (Å²) in [5.74, 6) is -0.388. The van der Waals surface area contributed by atoms with Crippen LogP contribution in [0.4, 0.5) is 0 Å². The van der Waals surface area contributed by atoms with E-state index in [0.29, 0.717) is 10.6 Å². The number of β-lactam (4-membered cyclic amide) rings is 1. The number of hydrogen-bond acceptors (Lipinski definition) is 4. The molecule has 1 aromatic carbocycles. The minimum absolute atomic E-state index is 0.0596. The molecule has 0 bridgehead atoms. The summed E-state index contributed by atoms with van der Waals surface area (Å²) in [6, 6.07) is 6.95. The van der Waals surface area contributed by atoms with Crippen LogP contribution in [0.2, 0.25) is 23.2 Å². The summed E-state index contributed by atoms with van der Waals surface area (Å²) >= 11 is 7.20. The van der Waals surface area contributed by atoms with Gasteiger partial charge in [-0.05, 0) is 37.2 Å². The van der Waals surface area contributed by atoms with Crippen molar-refractivity contribution in [2.45, 2.75) is 57.3 Å². The first-order chi connectivity index (χ1) is 11.4. The van der Waals surface area contributed by atoms with Gasteiger partial charge in [-0.15, -0.1) is 0 Å². The number of amides is 1. The fourth-order valence-electron chi connectivity index (χ4n) is 2.45. The Labute approximate surface area is 160 Å². The Morgan fingerprint density at radius 3 is 2.44 bits per heavy atom. The molecule has 4 nitrogen and oxygen atoms in total. The van der Waals surface area contributed by atoms with E-state index in [0.717, 1.165) is 11.8 Å². The monoisotopic (exact) mass is 399 g/mol. The van der Waals surface area contributed by atoms with Crippen LogP contribution in [0.3, 0.4) is 0 Å². The van der Waals surface area contributed by atoms with Crippen LogP contribution in [0.15, 0.2) is 24.3 Å². The lowest BCUT2D eigenvalue weighted by atomic mass is 9.96. The maximum atomic E-state index is 12.5. The minimum atomic E-state index is -1.98. The van der Waals surface area contributed by atoms with Crippen molar-refractivity contribution in [3.05, 3.63) is 34.9 Å². The Morgan fingerprint density at radius 2 is 1.92 bits per heavy atom. The fourth-order valence-corrected chi connectivity index (χ4v) is 5.36. The predicted octanol–water partition coefficient (Wildman–Crippen LogP) is 4.70. The largest absolute Gasteiger partial charge is 0.413 e. The minimum Gasteiger partial charge on any atom is -0.413 e. The summed E-state index contributed by atoms with van der Waals surface area (Å²) in [5.41, 5.74) is 0.465. The molecular weight excluding hydrogens is 374 g/mol. The molecule has 0 saturated carbocycles. The Morgan fingerprint density at radius 1 is 1.32 bits per heavy atom. The Hall–Kier alpha value is -0.823. The topological polar surface area (TPSA) is 55.4 Å². The van der Waals surface area contributed by atoms with Crippen molar-refractivity contribution >= 4 is 42.7 Å². The molecule has 1 aliphatic heterocycles. The van der Waals surface area contributed by atoms with Gasteiger partial charge in [-0.2, -0.15) is 0 Å². The first kappa shape index (κ1) is 20.5. The highest BCUT2D eigenvalue weighted by atomic mass is 35.5. The first-order valence-corrected chi connectivity index (χ1v) is 12.5. The van der Waals surface area contributed by atoms with Gasteiger partial charge in [0.15, 0.2) is 8.32 Å². The summed E-state index contributed by atoms with van der Waals surface area (Å²) in [7, 11) is -1.98. The summed E-state index contributed by atoms with van der Waals surface area (Å²) in [6.45, 7) is 12.8. The second kappa shape index (κ2) is 7.43. The van der Waals surface area contributed by atoms with Crippen molar-refractivity contribution in [3.63, 3.8) is 0 Å². The molecule has 7 heteroatoms. The molecule has 0 spiro atoms. The van der Waals surface area contributed by atoms with Crippen LogP contribution >= 0.6 is 23.4 Å². The zero-order chi connectivity index (χ0) is 19.0. The molecule has 25 heavy (non-hydrogen) atoms. The SMILES string of the molecule is C[C@@H](O[Si](C)(C)C(C)(C)C)[C@H]1C(=O)N[C@@H]1SC(=O)c1ccccc1Cl. The fraction of sp³-hybridized carbons (Fsp3) is 0.556. The average Bonchev–Trinajstić information content (AvgIpc) is 2.44. The molecule has 0 aromatic heterocycles. The van der Waals surface area contributed by atoms with E-state index in [1.807, 2.05) is 6.92 Å². The summed E-state index contributed by atoms with van der Waals surface area (Å²) in [6.07, 6.45) is -0.230. The number of carbonyl (C=O) groups is 2. The van der Waals surface area contributed by atoms with Crippen LogP contribution in [0.1, 0.15) is 38.1 Å². The average molecular weight is 400 g/mol. The summed E-state index contributed by atoms with van der Waals surface area (Å²) in [4.78, 5) is 24.6. The van der Waals surface area contributed by atoms with Crippen molar-refractivity contribution in [1.82, 2.24) is 5.32 Å². The summed E-state index contributed by atoms with van der Waals surface area (Å²) in [5, 5.41) is 2.88. The molecular formula is C18H26ClNO3SSi. The van der Waals surface area contributed by atoms with E-state index in [1.165, 1.54) is 0 Å².